The highest BCUT2D eigenvalue weighted by Gasteiger charge is 2.06. The first-order chi connectivity index (χ1) is 8.27. The summed E-state index contributed by atoms with van der Waals surface area (Å²) in [6.07, 6.45) is 8.88. The van der Waals surface area contributed by atoms with Gasteiger partial charge in [0.25, 0.3) is 0 Å². The minimum Gasteiger partial charge on any atom is -0.305 e. The van der Waals surface area contributed by atoms with E-state index in [0.717, 1.165) is 12.2 Å². The summed E-state index contributed by atoms with van der Waals surface area (Å²) in [4.78, 5) is 12.4. The molecule has 2 aromatic rings. The largest absolute Gasteiger partial charge is 0.305 e. The van der Waals surface area contributed by atoms with E-state index in [1.807, 2.05) is 18.5 Å². The van der Waals surface area contributed by atoms with Gasteiger partial charge in [0.05, 0.1) is 5.69 Å². The highest BCUT2D eigenvalue weighted by atomic mass is 14.9. The van der Waals surface area contributed by atoms with E-state index in [9.17, 15) is 0 Å². The predicted molar refractivity (Wildman–Crippen MR) is 66.3 cm³/mol. The minimum atomic E-state index is 0.191. The van der Waals surface area contributed by atoms with Crippen LogP contribution in [0, 0.1) is 6.92 Å². The van der Waals surface area contributed by atoms with E-state index in [2.05, 4.69) is 34.1 Å². The first-order valence-corrected chi connectivity index (χ1v) is 5.66. The fourth-order valence-corrected chi connectivity index (χ4v) is 1.60. The second-order valence-electron chi connectivity index (χ2n) is 4.04. The molecule has 0 saturated carbocycles. The molecule has 0 saturated heterocycles. The van der Waals surface area contributed by atoms with Gasteiger partial charge in [0.15, 0.2) is 0 Å². The third-order valence-electron chi connectivity index (χ3n) is 2.76. The van der Waals surface area contributed by atoms with Crippen LogP contribution in [0.3, 0.4) is 0 Å². The highest BCUT2D eigenvalue weighted by molar-refractivity contribution is 5.21. The third kappa shape index (κ3) is 3.07. The lowest BCUT2D eigenvalue weighted by Crippen LogP contribution is -2.19. The van der Waals surface area contributed by atoms with Crippen molar-refractivity contribution in [3.05, 3.63) is 53.9 Å². The number of rotatable bonds is 4. The van der Waals surface area contributed by atoms with Crippen LogP contribution >= 0.6 is 0 Å². The molecule has 0 aliphatic rings. The van der Waals surface area contributed by atoms with E-state index in [0.29, 0.717) is 0 Å². The van der Waals surface area contributed by atoms with Gasteiger partial charge in [-0.2, -0.15) is 0 Å². The van der Waals surface area contributed by atoms with Gasteiger partial charge in [-0.1, -0.05) is 0 Å². The molecule has 4 nitrogen and oxygen atoms in total. The monoisotopic (exact) mass is 228 g/mol. The molecule has 4 heteroatoms. The van der Waals surface area contributed by atoms with Crippen LogP contribution in [0.4, 0.5) is 0 Å². The van der Waals surface area contributed by atoms with Gasteiger partial charge in [0, 0.05) is 43.6 Å². The molecule has 0 bridgehead atoms. The maximum atomic E-state index is 4.28. The number of nitrogens with one attached hydrogen (secondary N) is 1. The zero-order valence-corrected chi connectivity index (χ0v) is 10.1. The van der Waals surface area contributed by atoms with Crippen LogP contribution in [0.1, 0.15) is 29.8 Å². The average Bonchev–Trinajstić information content (AvgIpc) is 2.38. The molecule has 2 heterocycles. The first-order valence-electron chi connectivity index (χ1n) is 5.66. The lowest BCUT2D eigenvalue weighted by molar-refractivity contribution is 0.558. The summed E-state index contributed by atoms with van der Waals surface area (Å²) in [5, 5.41) is 3.43. The first kappa shape index (κ1) is 11.7. The second-order valence-corrected chi connectivity index (χ2v) is 4.04. The number of hydrogen-bond donors (Lipinski definition) is 1. The Morgan fingerprint density at radius 2 is 2.00 bits per heavy atom. The predicted octanol–water partition coefficient (Wildman–Crippen LogP) is 2.03. The van der Waals surface area contributed by atoms with Crippen molar-refractivity contribution < 1.29 is 0 Å². The quantitative estimate of drug-likeness (QED) is 0.870. The summed E-state index contributed by atoms with van der Waals surface area (Å²) in [5.41, 5.74) is 3.42. The molecule has 17 heavy (non-hydrogen) atoms. The summed E-state index contributed by atoms with van der Waals surface area (Å²) in [6, 6.07) is 2.22. The van der Waals surface area contributed by atoms with Crippen molar-refractivity contribution in [3.8, 4) is 0 Å². The van der Waals surface area contributed by atoms with Crippen molar-refractivity contribution in [3.63, 3.8) is 0 Å². The van der Waals surface area contributed by atoms with Crippen molar-refractivity contribution in [2.45, 2.75) is 26.4 Å². The molecule has 1 atom stereocenters. The van der Waals surface area contributed by atoms with Crippen LogP contribution < -0.4 is 5.32 Å². The van der Waals surface area contributed by atoms with Crippen LogP contribution in [0.2, 0.25) is 0 Å². The molecule has 1 N–H and O–H groups in total. The summed E-state index contributed by atoms with van der Waals surface area (Å²) >= 11 is 0. The molecular formula is C13H16N4. The molecule has 88 valence electrons. The molecule has 0 spiro atoms. The minimum absolute atomic E-state index is 0.191. The maximum absolute atomic E-state index is 4.28. The number of aromatic nitrogens is 3. The smallest absolute Gasteiger partial charge is 0.0753 e. The van der Waals surface area contributed by atoms with Crippen LogP contribution in [-0.2, 0) is 6.54 Å². The van der Waals surface area contributed by atoms with Gasteiger partial charge in [-0.05, 0) is 31.0 Å². The Bertz CT molecular complexity index is 470. The van der Waals surface area contributed by atoms with Crippen molar-refractivity contribution >= 4 is 0 Å². The SMILES string of the molecule is Cc1cnccc1CNC(C)c1cnccn1. The van der Waals surface area contributed by atoms with Crippen LogP contribution in [0.5, 0.6) is 0 Å². The molecule has 0 aliphatic heterocycles. The Labute approximate surface area is 101 Å². The van der Waals surface area contributed by atoms with Crippen molar-refractivity contribution in [2.24, 2.45) is 0 Å². The Morgan fingerprint density at radius 3 is 2.71 bits per heavy atom. The summed E-state index contributed by atoms with van der Waals surface area (Å²) in [7, 11) is 0. The van der Waals surface area contributed by atoms with E-state index in [-0.39, 0.29) is 6.04 Å². The van der Waals surface area contributed by atoms with Gasteiger partial charge in [0.2, 0.25) is 0 Å². The van der Waals surface area contributed by atoms with Crippen molar-refractivity contribution in [1.82, 2.24) is 20.3 Å². The molecule has 0 aromatic carbocycles. The fraction of sp³-hybridized carbons (Fsp3) is 0.308. The van der Waals surface area contributed by atoms with Gasteiger partial charge in [-0.15, -0.1) is 0 Å². The lowest BCUT2D eigenvalue weighted by atomic mass is 10.1. The Balaban J connectivity index is 1.97. The lowest BCUT2D eigenvalue weighted by Gasteiger charge is -2.13. The molecule has 2 rings (SSSR count). The summed E-state index contributed by atoms with van der Waals surface area (Å²) in [5.74, 6) is 0. The fourth-order valence-electron chi connectivity index (χ4n) is 1.60. The van der Waals surface area contributed by atoms with Gasteiger partial charge in [0.1, 0.15) is 0 Å². The number of pyridine rings is 1. The van der Waals surface area contributed by atoms with Crippen LogP contribution in [0.25, 0.3) is 0 Å². The van der Waals surface area contributed by atoms with Gasteiger partial charge in [-0.3, -0.25) is 15.0 Å². The summed E-state index contributed by atoms with van der Waals surface area (Å²) in [6.45, 7) is 4.96. The number of aryl methyl sites for hydroxylation is 1. The zero-order chi connectivity index (χ0) is 12.1. The van der Waals surface area contributed by atoms with Gasteiger partial charge < -0.3 is 5.32 Å². The van der Waals surface area contributed by atoms with E-state index in [4.69, 9.17) is 0 Å². The van der Waals surface area contributed by atoms with Crippen molar-refractivity contribution in [1.29, 1.82) is 0 Å². The second kappa shape index (κ2) is 5.50. The molecule has 0 amide bonds. The average molecular weight is 228 g/mol. The Hall–Kier alpha value is -1.81. The molecular weight excluding hydrogens is 212 g/mol. The van der Waals surface area contributed by atoms with E-state index in [1.165, 1.54) is 11.1 Å². The highest BCUT2D eigenvalue weighted by Crippen LogP contribution is 2.10. The standard InChI is InChI=1S/C13H16N4/c1-10-7-14-4-3-12(10)8-17-11(2)13-9-15-5-6-16-13/h3-7,9,11,17H,8H2,1-2H3. The molecule has 0 radical (unpaired) electrons. The molecule has 0 aliphatic carbocycles. The van der Waals surface area contributed by atoms with Gasteiger partial charge >= 0.3 is 0 Å². The van der Waals surface area contributed by atoms with Crippen LogP contribution in [-0.4, -0.2) is 15.0 Å². The molecule has 1 unspecified atom stereocenters. The number of hydrogen-bond acceptors (Lipinski definition) is 4. The number of nitrogens with zero attached hydrogens (tertiary/aromatic N) is 3. The van der Waals surface area contributed by atoms with Crippen molar-refractivity contribution in [2.75, 3.05) is 0 Å². The van der Waals surface area contributed by atoms with E-state index in [1.54, 1.807) is 18.6 Å². The summed E-state index contributed by atoms with van der Waals surface area (Å²) < 4.78 is 0. The van der Waals surface area contributed by atoms with Crippen LogP contribution in [0.15, 0.2) is 37.1 Å². The van der Waals surface area contributed by atoms with Gasteiger partial charge in [-0.25, -0.2) is 0 Å². The molecule has 2 aromatic heterocycles. The maximum Gasteiger partial charge on any atom is 0.0753 e. The zero-order valence-electron chi connectivity index (χ0n) is 10.1. The van der Waals surface area contributed by atoms with E-state index >= 15 is 0 Å². The topological polar surface area (TPSA) is 50.7 Å². The Kier molecular flexibility index (Phi) is 3.77. The van der Waals surface area contributed by atoms with E-state index < -0.39 is 0 Å². The third-order valence-corrected chi connectivity index (χ3v) is 2.76. The Morgan fingerprint density at radius 1 is 1.18 bits per heavy atom. The normalized spacial score (nSPS) is 12.4. The molecule has 0 fully saturated rings.